The molecule has 5 nitrogen and oxygen atoms in total. The minimum absolute atomic E-state index is 0.205. The number of piperazine rings is 1. The highest BCUT2D eigenvalue weighted by Gasteiger charge is 2.44. The van der Waals surface area contributed by atoms with Crippen molar-refractivity contribution in [1.29, 1.82) is 0 Å². The summed E-state index contributed by atoms with van der Waals surface area (Å²) in [4.78, 5) is 16.8. The second-order valence-corrected chi connectivity index (χ2v) is 6.91. The molecule has 0 aromatic rings. The number of carboxylic acids is 1. The lowest BCUT2D eigenvalue weighted by molar-refractivity contribution is -0.148. The molecule has 21 heavy (non-hydrogen) atoms. The minimum Gasteiger partial charge on any atom is -0.480 e. The van der Waals surface area contributed by atoms with Gasteiger partial charge in [-0.15, -0.1) is 0 Å². The van der Waals surface area contributed by atoms with Crippen LogP contribution >= 0.6 is 0 Å². The summed E-state index contributed by atoms with van der Waals surface area (Å²) in [5.74, 6) is -0.673. The molecule has 1 saturated carbocycles. The summed E-state index contributed by atoms with van der Waals surface area (Å²) in [6.45, 7) is 11.8. The average Bonchev–Trinajstić information content (AvgIpc) is 2.47. The van der Waals surface area contributed by atoms with E-state index in [2.05, 4.69) is 22.0 Å². The van der Waals surface area contributed by atoms with E-state index in [4.69, 9.17) is 0 Å². The average molecular weight is 297 g/mol. The maximum Gasteiger partial charge on any atom is 0.323 e. The number of aliphatic carboxylic acids is 1. The van der Waals surface area contributed by atoms with E-state index in [1.54, 1.807) is 0 Å². The lowest BCUT2D eigenvalue weighted by Gasteiger charge is -2.46. The highest BCUT2D eigenvalue weighted by Crippen LogP contribution is 2.32. The molecule has 2 fully saturated rings. The molecule has 0 amide bonds. The number of hydrogen-bond acceptors (Lipinski definition) is 4. The monoisotopic (exact) mass is 297 g/mol. The molecule has 2 unspecified atom stereocenters. The Morgan fingerprint density at radius 1 is 1.33 bits per heavy atom. The summed E-state index contributed by atoms with van der Waals surface area (Å²) in [5, 5.41) is 13.1. The zero-order chi connectivity index (χ0) is 15.5. The Kier molecular flexibility index (Phi) is 5.63. The first-order chi connectivity index (χ1) is 9.97. The summed E-state index contributed by atoms with van der Waals surface area (Å²) < 4.78 is 0. The smallest absolute Gasteiger partial charge is 0.323 e. The maximum atomic E-state index is 11.8. The van der Waals surface area contributed by atoms with Gasteiger partial charge in [0.25, 0.3) is 0 Å². The van der Waals surface area contributed by atoms with Crippen molar-refractivity contribution in [3.8, 4) is 0 Å². The lowest BCUT2D eigenvalue weighted by atomic mass is 9.77. The van der Waals surface area contributed by atoms with Crippen LogP contribution < -0.4 is 5.32 Å². The maximum absolute atomic E-state index is 11.8. The van der Waals surface area contributed by atoms with Gasteiger partial charge >= 0.3 is 5.97 Å². The van der Waals surface area contributed by atoms with Crippen LogP contribution in [-0.2, 0) is 4.79 Å². The van der Waals surface area contributed by atoms with Gasteiger partial charge < -0.3 is 10.0 Å². The normalized spacial score (nSPS) is 32.5. The quantitative estimate of drug-likeness (QED) is 0.803. The van der Waals surface area contributed by atoms with Crippen molar-refractivity contribution in [2.45, 2.75) is 64.1 Å². The zero-order valence-electron chi connectivity index (χ0n) is 13.8. The van der Waals surface area contributed by atoms with E-state index < -0.39 is 11.5 Å². The Bertz CT molecular complexity index is 353. The standard InChI is InChI=1S/C16H31N3O2/c1-4-18-8-10-19(11-9-18)14-6-5-7-16(12-14,15(20)21)17-13(2)3/h13-14,17H,4-12H2,1-3H3,(H,20,21). The Morgan fingerprint density at radius 2 is 2.00 bits per heavy atom. The van der Waals surface area contributed by atoms with Crippen LogP contribution in [0.1, 0.15) is 46.5 Å². The molecular weight excluding hydrogens is 266 g/mol. The molecule has 1 aliphatic carbocycles. The molecule has 2 aliphatic rings. The van der Waals surface area contributed by atoms with Crippen molar-refractivity contribution in [3.05, 3.63) is 0 Å². The third kappa shape index (κ3) is 3.96. The molecule has 0 radical (unpaired) electrons. The SMILES string of the molecule is CCN1CCN(C2CCCC(NC(C)C)(C(=O)O)C2)CC1. The highest BCUT2D eigenvalue weighted by molar-refractivity contribution is 5.79. The molecule has 0 bridgehead atoms. The molecule has 1 heterocycles. The lowest BCUT2D eigenvalue weighted by Crippen LogP contribution is -2.61. The van der Waals surface area contributed by atoms with Gasteiger partial charge in [-0.25, -0.2) is 0 Å². The number of carboxylic acid groups (broad SMARTS) is 1. The number of carbonyl (C=O) groups is 1. The topological polar surface area (TPSA) is 55.8 Å². The second kappa shape index (κ2) is 7.07. The molecular formula is C16H31N3O2. The van der Waals surface area contributed by atoms with Crippen LogP contribution in [0.25, 0.3) is 0 Å². The summed E-state index contributed by atoms with van der Waals surface area (Å²) in [7, 11) is 0. The predicted octanol–water partition coefficient (Wildman–Crippen LogP) is 1.39. The molecule has 122 valence electrons. The van der Waals surface area contributed by atoms with Gasteiger partial charge in [0.2, 0.25) is 0 Å². The molecule has 0 aromatic carbocycles. The van der Waals surface area contributed by atoms with Crippen molar-refractivity contribution in [2.75, 3.05) is 32.7 Å². The zero-order valence-corrected chi connectivity index (χ0v) is 13.8. The fraction of sp³-hybridized carbons (Fsp3) is 0.938. The third-order valence-corrected chi connectivity index (χ3v) is 5.07. The molecule has 1 aliphatic heterocycles. The number of rotatable bonds is 5. The van der Waals surface area contributed by atoms with Gasteiger partial charge in [0.15, 0.2) is 0 Å². The van der Waals surface area contributed by atoms with Gasteiger partial charge in [-0.05, 0) is 46.1 Å². The minimum atomic E-state index is -0.723. The van der Waals surface area contributed by atoms with Gasteiger partial charge in [-0.2, -0.15) is 0 Å². The van der Waals surface area contributed by atoms with Crippen molar-refractivity contribution >= 4 is 5.97 Å². The molecule has 0 spiro atoms. The Balaban J connectivity index is 2.00. The summed E-state index contributed by atoms with van der Waals surface area (Å²) in [5.41, 5.74) is -0.723. The number of hydrogen-bond donors (Lipinski definition) is 2. The van der Waals surface area contributed by atoms with Crippen LogP contribution in [0.3, 0.4) is 0 Å². The third-order valence-electron chi connectivity index (χ3n) is 5.07. The van der Waals surface area contributed by atoms with E-state index in [9.17, 15) is 9.90 Å². The van der Waals surface area contributed by atoms with E-state index in [1.807, 2.05) is 13.8 Å². The molecule has 2 atom stereocenters. The Morgan fingerprint density at radius 3 is 2.52 bits per heavy atom. The first-order valence-electron chi connectivity index (χ1n) is 8.44. The van der Waals surface area contributed by atoms with Crippen molar-refractivity contribution in [1.82, 2.24) is 15.1 Å². The number of likely N-dealkylation sites (N-methyl/N-ethyl adjacent to an activating group) is 1. The van der Waals surface area contributed by atoms with Gasteiger partial charge in [0, 0.05) is 38.3 Å². The first kappa shape index (κ1) is 16.7. The van der Waals surface area contributed by atoms with Crippen LogP contribution in [0.4, 0.5) is 0 Å². The molecule has 5 heteroatoms. The van der Waals surface area contributed by atoms with Gasteiger partial charge in [0.05, 0.1) is 0 Å². The summed E-state index contributed by atoms with van der Waals surface area (Å²) >= 11 is 0. The largest absolute Gasteiger partial charge is 0.480 e. The molecule has 2 N–H and O–H groups in total. The fourth-order valence-corrected chi connectivity index (χ4v) is 3.94. The summed E-state index contributed by atoms with van der Waals surface area (Å²) in [6, 6.07) is 0.622. The highest BCUT2D eigenvalue weighted by atomic mass is 16.4. The second-order valence-electron chi connectivity index (χ2n) is 6.91. The van der Waals surface area contributed by atoms with Gasteiger partial charge in [0.1, 0.15) is 5.54 Å². The molecule has 2 rings (SSSR count). The van der Waals surface area contributed by atoms with E-state index in [-0.39, 0.29) is 6.04 Å². The summed E-state index contributed by atoms with van der Waals surface area (Å²) in [6.07, 6.45) is 3.64. The first-order valence-corrected chi connectivity index (χ1v) is 8.44. The van der Waals surface area contributed by atoms with Crippen LogP contribution in [0.2, 0.25) is 0 Å². The van der Waals surface area contributed by atoms with E-state index in [0.29, 0.717) is 6.04 Å². The van der Waals surface area contributed by atoms with Gasteiger partial charge in [-0.3, -0.25) is 15.0 Å². The van der Waals surface area contributed by atoms with E-state index in [0.717, 1.165) is 58.4 Å². The number of nitrogens with zero attached hydrogens (tertiary/aromatic N) is 2. The van der Waals surface area contributed by atoms with Crippen LogP contribution in [-0.4, -0.2) is 71.2 Å². The van der Waals surface area contributed by atoms with Gasteiger partial charge in [-0.1, -0.05) is 6.92 Å². The number of nitrogens with one attached hydrogen (secondary N) is 1. The Hall–Kier alpha value is -0.650. The Labute approximate surface area is 128 Å². The van der Waals surface area contributed by atoms with E-state index >= 15 is 0 Å². The van der Waals surface area contributed by atoms with Crippen LogP contribution in [0.15, 0.2) is 0 Å². The molecule has 1 saturated heterocycles. The van der Waals surface area contributed by atoms with Crippen LogP contribution in [0.5, 0.6) is 0 Å². The molecule has 0 aromatic heterocycles. The van der Waals surface area contributed by atoms with Crippen LogP contribution in [0, 0.1) is 0 Å². The predicted molar refractivity (Wildman–Crippen MR) is 84.6 cm³/mol. The van der Waals surface area contributed by atoms with Crippen molar-refractivity contribution in [3.63, 3.8) is 0 Å². The van der Waals surface area contributed by atoms with E-state index in [1.165, 1.54) is 0 Å². The van der Waals surface area contributed by atoms with Crippen molar-refractivity contribution < 1.29 is 9.90 Å². The fourth-order valence-electron chi connectivity index (χ4n) is 3.94. The van der Waals surface area contributed by atoms with Crippen molar-refractivity contribution in [2.24, 2.45) is 0 Å².